The maximum atomic E-state index is 12.2. The highest BCUT2D eigenvalue weighted by Gasteiger charge is 2.22. The van der Waals surface area contributed by atoms with Gasteiger partial charge in [-0.3, -0.25) is 0 Å². The normalized spacial score (nSPS) is 13.5. The lowest BCUT2D eigenvalue weighted by atomic mass is 10.3. The molecule has 0 bridgehead atoms. The molecule has 20 heavy (non-hydrogen) atoms. The smallest absolute Gasteiger partial charge is 0.250 e. The van der Waals surface area contributed by atoms with Crippen molar-refractivity contribution in [3.05, 3.63) is 22.8 Å². The van der Waals surface area contributed by atoms with E-state index in [0.29, 0.717) is 12.4 Å². The number of nitrogens with zero attached hydrogens (tertiary/aromatic N) is 3. The Balaban J connectivity index is 2.08. The van der Waals surface area contributed by atoms with Gasteiger partial charge in [0.05, 0.1) is 6.04 Å². The van der Waals surface area contributed by atoms with Crippen LogP contribution in [0, 0.1) is 0 Å². The molecule has 1 atom stereocenters. The summed E-state index contributed by atoms with van der Waals surface area (Å²) in [6.45, 7) is 5.15. The topological polar surface area (TPSA) is 113 Å². The van der Waals surface area contributed by atoms with Gasteiger partial charge in [-0.1, -0.05) is 12.1 Å². The van der Waals surface area contributed by atoms with Crippen molar-refractivity contribution in [3.8, 4) is 0 Å². The molecule has 3 N–H and O–H groups in total. The second kappa shape index (κ2) is 6.39. The Morgan fingerprint density at radius 1 is 1.50 bits per heavy atom. The molecule has 0 aromatic carbocycles. The molecule has 0 amide bonds. The van der Waals surface area contributed by atoms with Gasteiger partial charge in [0, 0.05) is 6.54 Å². The molecule has 2 aromatic rings. The number of H-pyrrole nitrogens is 1. The average Bonchev–Trinajstić information content (AvgIpc) is 3.07. The second-order valence-corrected chi connectivity index (χ2v) is 7.02. The summed E-state index contributed by atoms with van der Waals surface area (Å²) in [5.41, 5.74) is 0.949. The fourth-order valence-corrected chi connectivity index (χ4v) is 3.98. The predicted octanol–water partition coefficient (Wildman–Crippen LogP) is 0.410. The van der Waals surface area contributed by atoms with Gasteiger partial charge < -0.3 is 5.32 Å². The number of aromatic amines is 1. The quantitative estimate of drug-likeness (QED) is 0.682. The Morgan fingerprint density at radius 3 is 2.95 bits per heavy atom. The molecular weight excluding hydrogens is 300 g/mol. The highest BCUT2D eigenvalue weighted by molar-refractivity contribution is 7.91. The fraction of sp³-hybridized carbons (Fsp3) is 0.500. The molecule has 2 heterocycles. The van der Waals surface area contributed by atoms with Crippen molar-refractivity contribution in [2.24, 2.45) is 0 Å². The number of rotatable bonds is 7. The molecule has 110 valence electrons. The van der Waals surface area contributed by atoms with Crippen molar-refractivity contribution in [1.82, 2.24) is 30.7 Å². The van der Waals surface area contributed by atoms with Gasteiger partial charge >= 0.3 is 0 Å². The number of aromatic nitrogens is 4. The van der Waals surface area contributed by atoms with Crippen LogP contribution in [0.1, 0.15) is 31.3 Å². The summed E-state index contributed by atoms with van der Waals surface area (Å²) in [7, 11) is -3.57. The highest BCUT2D eigenvalue weighted by atomic mass is 32.2. The van der Waals surface area contributed by atoms with Crippen molar-refractivity contribution in [3.63, 3.8) is 0 Å². The molecule has 0 fully saturated rings. The molecule has 0 saturated heterocycles. The van der Waals surface area contributed by atoms with Crippen LogP contribution in [-0.2, 0) is 16.6 Å². The third-order valence-corrected chi connectivity index (χ3v) is 5.58. The van der Waals surface area contributed by atoms with E-state index in [0.717, 1.165) is 12.1 Å². The number of sulfonamides is 1. The van der Waals surface area contributed by atoms with E-state index in [1.807, 2.05) is 12.3 Å². The van der Waals surface area contributed by atoms with Gasteiger partial charge in [0.25, 0.3) is 10.0 Å². The zero-order valence-electron chi connectivity index (χ0n) is 11.1. The van der Waals surface area contributed by atoms with Crippen LogP contribution in [0.5, 0.6) is 0 Å². The Kier molecular flexibility index (Phi) is 4.81. The number of hydrogen-bond acceptors (Lipinski definition) is 7. The zero-order valence-corrected chi connectivity index (χ0v) is 12.8. The number of nitrogens with one attached hydrogen (secondary N) is 3. The molecule has 2 rings (SSSR count). The van der Waals surface area contributed by atoms with E-state index in [1.54, 1.807) is 13.0 Å². The van der Waals surface area contributed by atoms with E-state index in [9.17, 15) is 8.42 Å². The molecule has 1 unspecified atom stereocenters. The summed E-state index contributed by atoms with van der Waals surface area (Å²) in [5, 5.41) is 18.2. The SMILES string of the molecule is CCNCc1csc(S(=O)(=O)NC(C)c2nn[nH]n2)c1. The van der Waals surface area contributed by atoms with Crippen LogP contribution in [0.4, 0.5) is 0 Å². The van der Waals surface area contributed by atoms with Gasteiger partial charge in [0.2, 0.25) is 0 Å². The molecular formula is C10H16N6O2S2. The van der Waals surface area contributed by atoms with E-state index in [2.05, 4.69) is 30.7 Å². The fourth-order valence-electron chi connectivity index (χ4n) is 1.55. The predicted molar refractivity (Wildman–Crippen MR) is 74.6 cm³/mol. The molecule has 0 aliphatic heterocycles. The van der Waals surface area contributed by atoms with Crippen LogP contribution in [0.2, 0.25) is 0 Å². The molecule has 2 aromatic heterocycles. The van der Waals surface area contributed by atoms with E-state index in [4.69, 9.17) is 0 Å². The lowest BCUT2D eigenvalue weighted by Gasteiger charge is -2.08. The van der Waals surface area contributed by atoms with Gasteiger partial charge in [-0.25, -0.2) is 8.42 Å². The van der Waals surface area contributed by atoms with E-state index in [-0.39, 0.29) is 4.21 Å². The summed E-state index contributed by atoms with van der Waals surface area (Å²) >= 11 is 1.19. The van der Waals surface area contributed by atoms with Crippen LogP contribution in [0.25, 0.3) is 0 Å². The molecule has 0 spiro atoms. The minimum Gasteiger partial charge on any atom is -0.313 e. The van der Waals surface area contributed by atoms with E-state index < -0.39 is 16.1 Å². The largest absolute Gasteiger partial charge is 0.313 e. The third-order valence-electron chi connectivity index (χ3n) is 2.55. The van der Waals surface area contributed by atoms with Crippen molar-refractivity contribution in [1.29, 1.82) is 0 Å². The highest BCUT2D eigenvalue weighted by Crippen LogP contribution is 2.21. The number of tetrazole rings is 1. The Bertz CT molecular complexity index is 637. The standard InChI is InChI=1S/C10H16N6O2S2/c1-3-11-5-8-4-9(19-6-8)20(17,18)14-7(2)10-12-15-16-13-10/h4,6-7,11,14H,3,5H2,1-2H3,(H,12,13,15,16). The summed E-state index contributed by atoms with van der Waals surface area (Å²) in [4.78, 5) is 0. The first-order valence-electron chi connectivity index (χ1n) is 6.06. The molecule has 10 heteroatoms. The van der Waals surface area contributed by atoms with Crippen LogP contribution in [0.3, 0.4) is 0 Å². The summed E-state index contributed by atoms with van der Waals surface area (Å²) < 4.78 is 27.2. The average molecular weight is 316 g/mol. The molecule has 0 saturated carbocycles. The van der Waals surface area contributed by atoms with E-state index in [1.165, 1.54) is 11.3 Å². The Hall–Kier alpha value is -1.36. The first-order chi connectivity index (χ1) is 9.53. The van der Waals surface area contributed by atoms with Gasteiger partial charge in [-0.15, -0.1) is 21.5 Å². The molecule has 0 radical (unpaired) electrons. The van der Waals surface area contributed by atoms with Crippen molar-refractivity contribution >= 4 is 21.4 Å². The maximum absolute atomic E-state index is 12.2. The minimum absolute atomic E-state index is 0.278. The second-order valence-electron chi connectivity index (χ2n) is 4.17. The summed E-state index contributed by atoms with van der Waals surface area (Å²) in [6.07, 6.45) is 0. The van der Waals surface area contributed by atoms with Crippen LogP contribution in [-0.4, -0.2) is 35.6 Å². The summed E-state index contributed by atoms with van der Waals surface area (Å²) in [6, 6.07) is 1.12. The van der Waals surface area contributed by atoms with Gasteiger partial charge in [0.15, 0.2) is 5.82 Å². The number of thiophene rings is 1. The van der Waals surface area contributed by atoms with Crippen LogP contribution < -0.4 is 10.0 Å². The minimum atomic E-state index is -3.57. The molecule has 8 nitrogen and oxygen atoms in total. The van der Waals surface area contributed by atoms with Crippen LogP contribution >= 0.6 is 11.3 Å². The first kappa shape index (κ1) is 15.0. The zero-order chi connectivity index (χ0) is 14.6. The Labute approximate surface area is 121 Å². The van der Waals surface area contributed by atoms with Crippen molar-refractivity contribution < 1.29 is 8.42 Å². The van der Waals surface area contributed by atoms with Gasteiger partial charge in [0.1, 0.15) is 4.21 Å². The number of hydrogen-bond donors (Lipinski definition) is 3. The first-order valence-corrected chi connectivity index (χ1v) is 8.43. The Morgan fingerprint density at radius 2 is 2.30 bits per heavy atom. The monoisotopic (exact) mass is 316 g/mol. The maximum Gasteiger partial charge on any atom is 0.250 e. The van der Waals surface area contributed by atoms with Crippen molar-refractivity contribution in [2.75, 3.05) is 6.54 Å². The lowest BCUT2D eigenvalue weighted by molar-refractivity contribution is 0.562. The van der Waals surface area contributed by atoms with Gasteiger partial charge in [-0.05, 0) is 30.5 Å². The van der Waals surface area contributed by atoms with Crippen molar-refractivity contribution in [2.45, 2.75) is 30.6 Å². The van der Waals surface area contributed by atoms with Crippen LogP contribution in [0.15, 0.2) is 15.7 Å². The molecule has 0 aliphatic rings. The van der Waals surface area contributed by atoms with E-state index >= 15 is 0 Å². The lowest BCUT2D eigenvalue weighted by Crippen LogP contribution is -2.27. The third kappa shape index (κ3) is 3.60. The summed E-state index contributed by atoms with van der Waals surface area (Å²) in [5.74, 6) is 0.304. The van der Waals surface area contributed by atoms with Gasteiger partial charge in [-0.2, -0.15) is 9.94 Å². The molecule has 0 aliphatic carbocycles.